The number of amides is 1. The predicted octanol–water partition coefficient (Wildman–Crippen LogP) is 4.03. The van der Waals surface area contributed by atoms with Crippen LogP contribution < -0.4 is 14.9 Å². The van der Waals surface area contributed by atoms with E-state index in [2.05, 4.69) is 10.5 Å². The highest BCUT2D eigenvalue weighted by Crippen LogP contribution is 2.32. The van der Waals surface area contributed by atoms with Gasteiger partial charge in [0, 0.05) is 12.4 Å². The number of carbonyl (C=O) groups is 1. The first kappa shape index (κ1) is 17.6. The summed E-state index contributed by atoms with van der Waals surface area (Å²) in [6.07, 6.45) is 7.53. The van der Waals surface area contributed by atoms with Gasteiger partial charge in [0.05, 0.1) is 17.0 Å². The largest absolute Gasteiger partial charge is 0.454 e. The van der Waals surface area contributed by atoms with Crippen LogP contribution >= 0.6 is 0 Å². The average Bonchev–Trinajstić information content (AvgIpc) is 3.42. The summed E-state index contributed by atoms with van der Waals surface area (Å²) in [5.74, 6) is 1.21. The Labute approximate surface area is 162 Å². The first-order valence-electron chi connectivity index (χ1n) is 8.85. The molecule has 0 saturated carbocycles. The molecule has 1 aliphatic rings. The first-order chi connectivity index (χ1) is 13.7. The van der Waals surface area contributed by atoms with Crippen LogP contribution in [0.5, 0.6) is 11.5 Å². The minimum absolute atomic E-state index is 0.250. The Morgan fingerprint density at radius 2 is 1.86 bits per heavy atom. The van der Waals surface area contributed by atoms with E-state index in [-0.39, 0.29) is 12.7 Å². The Morgan fingerprint density at radius 3 is 2.71 bits per heavy atom. The summed E-state index contributed by atoms with van der Waals surface area (Å²) < 4.78 is 12.6. The summed E-state index contributed by atoms with van der Waals surface area (Å²) >= 11 is 0. The molecule has 28 heavy (non-hydrogen) atoms. The molecule has 6 nitrogen and oxygen atoms in total. The van der Waals surface area contributed by atoms with Crippen LogP contribution in [0.1, 0.15) is 22.8 Å². The molecule has 0 radical (unpaired) electrons. The van der Waals surface area contributed by atoms with E-state index in [1.165, 1.54) is 0 Å². The molecule has 0 spiro atoms. The van der Waals surface area contributed by atoms with Crippen LogP contribution in [-0.4, -0.2) is 23.0 Å². The van der Waals surface area contributed by atoms with Gasteiger partial charge in [-0.1, -0.05) is 24.3 Å². The molecule has 0 fully saturated rings. The van der Waals surface area contributed by atoms with E-state index in [9.17, 15) is 4.79 Å². The molecule has 140 valence electrons. The van der Waals surface area contributed by atoms with E-state index in [0.29, 0.717) is 11.3 Å². The first-order valence-corrected chi connectivity index (χ1v) is 8.85. The second-order valence-electron chi connectivity index (χ2n) is 6.25. The van der Waals surface area contributed by atoms with Crippen molar-refractivity contribution in [1.82, 2.24) is 9.99 Å². The number of benzene rings is 2. The van der Waals surface area contributed by atoms with Crippen LogP contribution in [0, 0.1) is 0 Å². The Kier molecular flexibility index (Phi) is 4.93. The third kappa shape index (κ3) is 3.81. The molecule has 0 unspecified atom stereocenters. The van der Waals surface area contributed by atoms with E-state index >= 15 is 0 Å². The fourth-order valence-electron chi connectivity index (χ4n) is 2.86. The summed E-state index contributed by atoms with van der Waals surface area (Å²) in [6, 6.07) is 16.9. The number of nitrogens with one attached hydrogen (secondary N) is 1. The zero-order chi connectivity index (χ0) is 19.3. The summed E-state index contributed by atoms with van der Waals surface area (Å²) in [4.78, 5) is 12.6. The number of aromatic nitrogens is 1. The molecular formula is C22H19N3O3. The van der Waals surface area contributed by atoms with E-state index in [4.69, 9.17) is 9.47 Å². The number of allylic oxidation sites excluding steroid dienone is 1. The number of carbonyl (C=O) groups excluding carboxylic acids is 1. The molecule has 1 aromatic heterocycles. The Hall–Kier alpha value is -3.80. The highest BCUT2D eigenvalue weighted by molar-refractivity contribution is 6.00. The van der Waals surface area contributed by atoms with Crippen LogP contribution in [0.4, 0.5) is 0 Å². The number of ether oxygens (including phenoxy) is 2. The van der Waals surface area contributed by atoms with E-state index in [0.717, 1.165) is 22.7 Å². The van der Waals surface area contributed by atoms with Gasteiger partial charge in [-0.2, -0.15) is 5.10 Å². The van der Waals surface area contributed by atoms with Gasteiger partial charge in [0.2, 0.25) is 6.79 Å². The van der Waals surface area contributed by atoms with Crippen molar-refractivity contribution in [3.05, 3.63) is 84.2 Å². The van der Waals surface area contributed by atoms with Crippen LogP contribution in [-0.2, 0) is 0 Å². The van der Waals surface area contributed by atoms with Gasteiger partial charge in [-0.15, -0.1) is 0 Å². The van der Waals surface area contributed by atoms with Crippen LogP contribution in [0.2, 0.25) is 0 Å². The number of para-hydroxylation sites is 1. The third-order valence-electron chi connectivity index (χ3n) is 4.28. The van der Waals surface area contributed by atoms with Gasteiger partial charge in [-0.25, -0.2) is 5.43 Å². The highest BCUT2D eigenvalue weighted by Gasteiger charge is 2.12. The summed E-state index contributed by atoms with van der Waals surface area (Å²) in [5, 5.41) is 4.18. The number of hydrogen-bond donors (Lipinski definition) is 1. The van der Waals surface area contributed by atoms with Crippen molar-refractivity contribution in [1.29, 1.82) is 0 Å². The number of fused-ring (bicyclic) bond motifs is 1. The van der Waals surface area contributed by atoms with Crippen molar-refractivity contribution in [3.8, 4) is 17.2 Å². The molecule has 4 rings (SSSR count). The standard InChI is InChI=1S/C22H19N3O3/c1-16(8-9-17-10-11-20-21(14-17)28-15-27-20)23-24-22(26)18-6-2-3-7-19(18)25-12-4-5-13-25/h2-14H,15H2,1H3,(H,24,26)/b9-8+,23-16?. The van der Waals surface area contributed by atoms with Gasteiger partial charge in [0.1, 0.15) is 0 Å². The van der Waals surface area contributed by atoms with Gasteiger partial charge in [0.15, 0.2) is 11.5 Å². The number of rotatable bonds is 5. The van der Waals surface area contributed by atoms with Gasteiger partial charge in [-0.3, -0.25) is 4.79 Å². The molecule has 0 atom stereocenters. The molecule has 1 amide bonds. The monoisotopic (exact) mass is 373 g/mol. The second kappa shape index (κ2) is 7.84. The SMILES string of the molecule is CC(/C=C/c1ccc2c(c1)OCO2)=NNC(=O)c1ccccc1-n1cccc1. The fourth-order valence-corrected chi connectivity index (χ4v) is 2.86. The van der Waals surface area contributed by atoms with E-state index < -0.39 is 0 Å². The van der Waals surface area contributed by atoms with Crippen molar-refractivity contribution in [3.63, 3.8) is 0 Å². The smallest absolute Gasteiger partial charge is 0.273 e. The van der Waals surface area contributed by atoms with Crippen LogP contribution in [0.3, 0.4) is 0 Å². The molecule has 6 heteroatoms. The maximum absolute atomic E-state index is 12.6. The van der Waals surface area contributed by atoms with Gasteiger partial charge in [0.25, 0.3) is 5.91 Å². The lowest BCUT2D eigenvalue weighted by Gasteiger charge is -2.09. The molecular weight excluding hydrogens is 354 g/mol. The van der Waals surface area contributed by atoms with Gasteiger partial charge < -0.3 is 14.0 Å². The Balaban J connectivity index is 1.45. The van der Waals surface area contributed by atoms with Crippen LogP contribution in [0.15, 0.2) is 78.2 Å². The molecule has 0 bridgehead atoms. The highest BCUT2D eigenvalue weighted by atomic mass is 16.7. The summed E-state index contributed by atoms with van der Waals surface area (Å²) in [7, 11) is 0. The Morgan fingerprint density at radius 1 is 1.07 bits per heavy atom. The normalized spacial score (nSPS) is 13.1. The Bertz CT molecular complexity index is 1050. The quantitative estimate of drug-likeness (QED) is 0.543. The summed E-state index contributed by atoms with van der Waals surface area (Å²) in [6.45, 7) is 2.07. The van der Waals surface area contributed by atoms with E-state index in [1.54, 1.807) is 6.07 Å². The molecule has 0 aliphatic carbocycles. The summed E-state index contributed by atoms with van der Waals surface area (Å²) in [5.41, 5.74) is 5.60. The maximum Gasteiger partial charge on any atom is 0.273 e. The molecule has 1 N–H and O–H groups in total. The maximum atomic E-state index is 12.6. The fraction of sp³-hybridized carbons (Fsp3) is 0.0909. The van der Waals surface area contributed by atoms with Crippen molar-refractivity contribution >= 4 is 17.7 Å². The lowest BCUT2D eigenvalue weighted by molar-refractivity contribution is 0.0955. The number of hydrogen-bond acceptors (Lipinski definition) is 4. The third-order valence-corrected chi connectivity index (χ3v) is 4.28. The van der Waals surface area contributed by atoms with E-state index in [1.807, 2.05) is 84.6 Å². The molecule has 3 aromatic rings. The molecule has 2 aromatic carbocycles. The van der Waals surface area contributed by atoms with Crippen LogP contribution in [0.25, 0.3) is 11.8 Å². The second-order valence-corrected chi connectivity index (χ2v) is 6.25. The lowest BCUT2D eigenvalue weighted by Crippen LogP contribution is -2.20. The average molecular weight is 373 g/mol. The zero-order valence-electron chi connectivity index (χ0n) is 15.3. The van der Waals surface area contributed by atoms with Crippen molar-refractivity contribution < 1.29 is 14.3 Å². The topological polar surface area (TPSA) is 64.8 Å². The molecule has 2 heterocycles. The number of nitrogens with zero attached hydrogens (tertiary/aromatic N) is 2. The molecule has 1 aliphatic heterocycles. The number of hydrazone groups is 1. The van der Waals surface area contributed by atoms with Crippen molar-refractivity contribution in [2.45, 2.75) is 6.92 Å². The van der Waals surface area contributed by atoms with Crippen molar-refractivity contribution in [2.24, 2.45) is 5.10 Å². The van der Waals surface area contributed by atoms with Crippen molar-refractivity contribution in [2.75, 3.05) is 6.79 Å². The van der Waals surface area contributed by atoms with Gasteiger partial charge in [-0.05, 0) is 55.0 Å². The molecule has 0 saturated heterocycles. The van der Waals surface area contributed by atoms with Gasteiger partial charge >= 0.3 is 0 Å². The minimum Gasteiger partial charge on any atom is -0.454 e. The lowest BCUT2D eigenvalue weighted by atomic mass is 10.1. The predicted molar refractivity (Wildman–Crippen MR) is 108 cm³/mol. The minimum atomic E-state index is -0.264. The zero-order valence-corrected chi connectivity index (χ0v) is 15.3.